The number of nitrogens with zero attached hydrogens (tertiary/aromatic N) is 2. The number of urea groups is 1. The zero-order chi connectivity index (χ0) is 28.9. The molecule has 214 valence electrons. The van der Waals surface area contributed by atoms with Crippen LogP contribution in [-0.4, -0.2) is 59.9 Å². The first-order valence-electron chi connectivity index (χ1n) is 14.5. The highest BCUT2D eigenvalue weighted by Crippen LogP contribution is 2.30. The second kappa shape index (κ2) is 12.6. The van der Waals surface area contributed by atoms with Crippen LogP contribution in [0.3, 0.4) is 0 Å². The summed E-state index contributed by atoms with van der Waals surface area (Å²) < 4.78 is 0. The molecule has 3 N–H and O–H groups in total. The van der Waals surface area contributed by atoms with Crippen LogP contribution in [0.4, 0.5) is 10.5 Å². The number of aryl methyl sites for hydroxylation is 1. The van der Waals surface area contributed by atoms with E-state index in [1.807, 2.05) is 75.4 Å². The quantitative estimate of drug-likeness (QED) is 0.243. The lowest BCUT2D eigenvalue weighted by Gasteiger charge is -2.34. The molecule has 1 fully saturated rings. The summed E-state index contributed by atoms with van der Waals surface area (Å²) in [6.07, 6.45) is 3.77. The van der Waals surface area contributed by atoms with E-state index in [-0.39, 0.29) is 17.9 Å². The molecule has 3 amide bonds. The summed E-state index contributed by atoms with van der Waals surface area (Å²) in [6, 6.07) is 23.8. The maximum atomic E-state index is 14.0. The van der Waals surface area contributed by atoms with Crippen molar-refractivity contribution >= 4 is 28.5 Å². The first-order chi connectivity index (χ1) is 19.8. The molecule has 0 spiro atoms. The Morgan fingerprint density at radius 1 is 1.00 bits per heavy atom. The van der Waals surface area contributed by atoms with E-state index in [0.29, 0.717) is 19.0 Å². The number of rotatable bonds is 8. The standard InChI is InChI=1S/C34H41N5O2/c1-23-14-15-25(22-38(3)4)20-31(23)36-33(40)32(24(2)29-21-35-30-13-9-8-12-28(29)30)37-34(41)39-18-16-27(17-19-39)26-10-6-5-7-11-26/h5-15,20-21,24,27,32,35H,16-19,22H2,1-4H3,(H,36,40)(H,37,41). The van der Waals surface area contributed by atoms with Crippen molar-refractivity contribution in [1.82, 2.24) is 20.1 Å². The van der Waals surface area contributed by atoms with Crippen molar-refractivity contribution in [2.45, 2.75) is 51.1 Å². The number of aromatic nitrogens is 1. The number of benzene rings is 3. The molecule has 7 heteroatoms. The Hall–Kier alpha value is -4.10. The highest BCUT2D eigenvalue weighted by Gasteiger charge is 2.32. The van der Waals surface area contributed by atoms with Gasteiger partial charge >= 0.3 is 6.03 Å². The lowest BCUT2D eigenvalue weighted by atomic mass is 9.89. The minimum Gasteiger partial charge on any atom is -0.361 e. The maximum Gasteiger partial charge on any atom is 0.318 e. The summed E-state index contributed by atoms with van der Waals surface area (Å²) in [5.74, 6) is -0.0375. The van der Waals surface area contributed by atoms with Gasteiger partial charge in [-0.15, -0.1) is 0 Å². The van der Waals surface area contributed by atoms with Crippen LogP contribution in [0, 0.1) is 6.92 Å². The SMILES string of the molecule is Cc1ccc(CN(C)C)cc1NC(=O)C(NC(=O)N1CCC(c2ccccc2)CC1)C(C)c1c[nH]c2ccccc12. The lowest BCUT2D eigenvalue weighted by molar-refractivity contribution is -0.118. The third-order valence-corrected chi connectivity index (χ3v) is 8.29. The van der Waals surface area contributed by atoms with E-state index in [9.17, 15) is 9.59 Å². The third kappa shape index (κ3) is 6.63. The molecule has 0 aliphatic carbocycles. The summed E-state index contributed by atoms with van der Waals surface area (Å²) in [4.78, 5) is 34.8. The van der Waals surface area contributed by atoms with Crippen molar-refractivity contribution in [3.8, 4) is 0 Å². The van der Waals surface area contributed by atoms with Gasteiger partial charge in [0.05, 0.1) is 0 Å². The van der Waals surface area contributed by atoms with Gasteiger partial charge in [-0.25, -0.2) is 4.79 Å². The molecule has 5 rings (SSSR count). The molecule has 1 aliphatic rings. The number of carbonyl (C=O) groups is 2. The van der Waals surface area contributed by atoms with Crippen molar-refractivity contribution in [3.63, 3.8) is 0 Å². The summed E-state index contributed by atoms with van der Waals surface area (Å²) in [7, 11) is 4.05. The van der Waals surface area contributed by atoms with Gasteiger partial charge in [-0.1, -0.05) is 67.6 Å². The fourth-order valence-corrected chi connectivity index (χ4v) is 5.91. The van der Waals surface area contributed by atoms with Gasteiger partial charge in [0.15, 0.2) is 0 Å². The van der Waals surface area contributed by atoms with Gasteiger partial charge in [0.2, 0.25) is 5.91 Å². The number of nitrogens with one attached hydrogen (secondary N) is 3. The minimum atomic E-state index is -0.759. The van der Waals surface area contributed by atoms with Crippen LogP contribution in [0.2, 0.25) is 0 Å². The summed E-state index contributed by atoms with van der Waals surface area (Å²) in [6.45, 7) is 6.09. The molecular weight excluding hydrogens is 510 g/mol. The number of carbonyl (C=O) groups excluding carboxylic acids is 2. The Morgan fingerprint density at radius 2 is 1.71 bits per heavy atom. The average molecular weight is 552 g/mol. The second-order valence-corrected chi connectivity index (χ2v) is 11.6. The van der Waals surface area contributed by atoms with Gasteiger partial charge in [-0.2, -0.15) is 0 Å². The molecule has 0 bridgehead atoms. The third-order valence-electron chi connectivity index (χ3n) is 8.29. The predicted molar refractivity (Wildman–Crippen MR) is 166 cm³/mol. The van der Waals surface area contributed by atoms with E-state index in [0.717, 1.165) is 52.7 Å². The Morgan fingerprint density at radius 3 is 2.44 bits per heavy atom. The topological polar surface area (TPSA) is 80.5 Å². The number of H-pyrrole nitrogens is 1. The maximum absolute atomic E-state index is 14.0. The van der Waals surface area contributed by atoms with Crippen LogP contribution >= 0.6 is 0 Å². The van der Waals surface area contributed by atoms with Crippen molar-refractivity contribution in [2.75, 3.05) is 32.5 Å². The summed E-state index contributed by atoms with van der Waals surface area (Å²) in [5, 5.41) is 7.34. The van der Waals surface area contributed by atoms with Gasteiger partial charge in [0.25, 0.3) is 0 Å². The van der Waals surface area contributed by atoms with E-state index in [2.05, 4.69) is 56.9 Å². The average Bonchev–Trinajstić information content (AvgIpc) is 3.42. The van der Waals surface area contributed by atoms with Crippen molar-refractivity contribution in [1.29, 1.82) is 0 Å². The first kappa shape index (κ1) is 28.4. The van der Waals surface area contributed by atoms with Crippen LogP contribution in [0.5, 0.6) is 0 Å². The van der Waals surface area contributed by atoms with E-state index in [4.69, 9.17) is 0 Å². The number of fused-ring (bicyclic) bond motifs is 1. The van der Waals surface area contributed by atoms with Gasteiger partial charge in [0.1, 0.15) is 6.04 Å². The van der Waals surface area contributed by atoms with Gasteiger partial charge in [-0.3, -0.25) is 4.79 Å². The number of hydrogen-bond acceptors (Lipinski definition) is 3. The molecule has 1 saturated heterocycles. The van der Waals surface area contributed by atoms with Crippen LogP contribution in [-0.2, 0) is 11.3 Å². The monoisotopic (exact) mass is 551 g/mol. The Kier molecular flexibility index (Phi) is 8.74. The zero-order valence-electron chi connectivity index (χ0n) is 24.5. The van der Waals surface area contributed by atoms with Gasteiger partial charge in [-0.05, 0) is 74.2 Å². The van der Waals surface area contributed by atoms with Crippen LogP contribution in [0.25, 0.3) is 10.9 Å². The van der Waals surface area contributed by atoms with E-state index in [1.54, 1.807) is 0 Å². The molecule has 7 nitrogen and oxygen atoms in total. The Bertz CT molecular complexity index is 1490. The Balaban J connectivity index is 1.36. The number of hydrogen-bond donors (Lipinski definition) is 3. The number of piperidine rings is 1. The van der Waals surface area contributed by atoms with E-state index in [1.165, 1.54) is 5.56 Å². The van der Waals surface area contributed by atoms with Crippen LogP contribution in [0.1, 0.15) is 53.9 Å². The highest BCUT2D eigenvalue weighted by molar-refractivity contribution is 5.99. The van der Waals surface area contributed by atoms with Crippen molar-refractivity contribution < 1.29 is 9.59 Å². The van der Waals surface area contributed by atoms with Crippen molar-refractivity contribution in [2.24, 2.45) is 0 Å². The zero-order valence-corrected chi connectivity index (χ0v) is 24.5. The molecule has 4 aromatic rings. The summed E-state index contributed by atoms with van der Waals surface area (Å²) >= 11 is 0. The number of likely N-dealkylation sites (tertiary alicyclic amines) is 1. The molecule has 0 saturated carbocycles. The van der Waals surface area contributed by atoms with Crippen molar-refractivity contribution in [3.05, 3.63) is 101 Å². The largest absolute Gasteiger partial charge is 0.361 e. The minimum absolute atomic E-state index is 0.193. The number of anilines is 1. The van der Waals surface area contributed by atoms with Crippen LogP contribution < -0.4 is 10.6 Å². The molecular formula is C34H41N5O2. The normalized spacial score (nSPS) is 15.6. The first-order valence-corrected chi connectivity index (χ1v) is 14.5. The van der Waals surface area contributed by atoms with E-state index < -0.39 is 6.04 Å². The number of amides is 3. The smallest absolute Gasteiger partial charge is 0.318 e. The van der Waals surface area contributed by atoms with Crippen LogP contribution in [0.15, 0.2) is 79.0 Å². The second-order valence-electron chi connectivity index (χ2n) is 11.6. The molecule has 3 aromatic carbocycles. The Labute approximate surface area is 242 Å². The highest BCUT2D eigenvalue weighted by atomic mass is 16.2. The fraction of sp³-hybridized carbons (Fsp3) is 0.353. The van der Waals surface area contributed by atoms with Gasteiger partial charge < -0.3 is 25.4 Å². The predicted octanol–water partition coefficient (Wildman–Crippen LogP) is 6.24. The number of aromatic amines is 1. The lowest BCUT2D eigenvalue weighted by Crippen LogP contribution is -2.53. The molecule has 2 heterocycles. The molecule has 41 heavy (non-hydrogen) atoms. The molecule has 0 radical (unpaired) electrons. The molecule has 1 aromatic heterocycles. The molecule has 2 unspecified atom stereocenters. The summed E-state index contributed by atoms with van der Waals surface area (Å²) in [5.41, 5.74) is 6.20. The fourth-order valence-electron chi connectivity index (χ4n) is 5.91. The van der Waals surface area contributed by atoms with E-state index >= 15 is 0 Å². The number of para-hydroxylation sites is 1. The van der Waals surface area contributed by atoms with Gasteiger partial charge in [0, 0.05) is 48.3 Å². The molecule has 1 aliphatic heterocycles. The molecule has 2 atom stereocenters.